The number of carbonyl (C=O) groups is 2. The summed E-state index contributed by atoms with van der Waals surface area (Å²) in [6.07, 6.45) is 2.39. The molecule has 2 aromatic carbocycles. The van der Waals surface area contributed by atoms with Gasteiger partial charge in [0.2, 0.25) is 5.91 Å². The van der Waals surface area contributed by atoms with Crippen LogP contribution in [0.15, 0.2) is 42.5 Å². The Hall–Kier alpha value is -2.46. The van der Waals surface area contributed by atoms with E-state index in [-0.39, 0.29) is 11.7 Å². The molecule has 118 valence electrons. The first-order valence-corrected chi connectivity index (χ1v) is 7.84. The van der Waals surface area contributed by atoms with Crippen LogP contribution in [-0.2, 0) is 11.2 Å². The number of Topliss-reactive ketones (excluding diaryl/α,β-unsaturated/α-hetero) is 1. The van der Waals surface area contributed by atoms with Crippen molar-refractivity contribution in [2.24, 2.45) is 5.73 Å². The predicted molar refractivity (Wildman–Crippen MR) is 90.4 cm³/mol. The Morgan fingerprint density at radius 3 is 2.61 bits per heavy atom. The molecule has 1 amide bonds. The third-order valence-corrected chi connectivity index (χ3v) is 4.25. The maximum atomic E-state index is 12.3. The second-order valence-corrected chi connectivity index (χ2v) is 6.03. The number of amides is 1. The van der Waals surface area contributed by atoms with Crippen molar-refractivity contribution in [3.05, 3.63) is 64.7 Å². The third kappa shape index (κ3) is 3.32. The van der Waals surface area contributed by atoms with Crippen LogP contribution >= 0.6 is 0 Å². The van der Waals surface area contributed by atoms with Gasteiger partial charge in [-0.2, -0.15) is 0 Å². The van der Waals surface area contributed by atoms with Crippen molar-refractivity contribution in [3.63, 3.8) is 0 Å². The van der Waals surface area contributed by atoms with Gasteiger partial charge in [0.25, 0.3) is 0 Å². The first-order chi connectivity index (χ1) is 11.0. The van der Waals surface area contributed by atoms with Crippen molar-refractivity contribution in [1.29, 1.82) is 0 Å². The van der Waals surface area contributed by atoms with Gasteiger partial charge in [-0.25, -0.2) is 0 Å². The van der Waals surface area contributed by atoms with Crippen LogP contribution in [-0.4, -0.2) is 11.7 Å². The minimum absolute atomic E-state index is 0.144. The number of nitrogens with two attached hydrogens (primary N) is 1. The van der Waals surface area contributed by atoms with Crippen LogP contribution in [0.25, 0.3) is 0 Å². The molecule has 2 aromatic rings. The summed E-state index contributed by atoms with van der Waals surface area (Å²) in [6.45, 7) is 1.99. The van der Waals surface area contributed by atoms with Crippen molar-refractivity contribution < 1.29 is 9.59 Å². The van der Waals surface area contributed by atoms with Crippen molar-refractivity contribution in [3.8, 4) is 0 Å². The predicted octanol–water partition coefficient (Wildman–Crippen LogP) is 3.15. The van der Waals surface area contributed by atoms with Gasteiger partial charge in [-0.05, 0) is 43.0 Å². The fourth-order valence-electron chi connectivity index (χ4n) is 2.85. The summed E-state index contributed by atoms with van der Waals surface area (Å²) >= 11 is 0. The van der Waals surface area contributed by atoms with E-state index in [4.69, 9.17) is 5.73 Å². The number of aryl methyl sites for hydroxylation is 2. The lowest BCUT2D eigenvalue weighted by Gasteiger charge is -2.17. The molecule has 0 heterocycles. The minimum atomic E-state index is -0.734. The average molecular weight is 308 g/mol. The first-order valence-electron chi connectivity index (χ1n) is 7.84. The van der Waals surface area contributed by atoms with Gasteiger partial charge in [0.05, 0.1) is 0 Å². The summed E-state index contributed by atoms with van der Waals surface area (Å²) in [6, 6.07) is 12.3. The molecular weight excluding hydrogens is 288 g/mol. The van der Waals surface area contributed by atoms with E-state index in [2.05, 4.69) is 5.32 Å². The molecule has 1 unspecified atom stereocenters. The van der Waals surface area contributed by atoms with Gasteiger partial charge in [0.1, 0.15) is 6.04 Å². The summed E-state index contributed by atoms with van der Waals surface area (Å²) in [5, 5.41) is 2.81. The lowest BCUT2D eigenvalue weighted by atomic mass is 9.90. The number of ketones is 1. The number of anilines is 1. The van der Waals surface area contributed by atoms with Gasteiger partial charge in [-0.15, -0.1) is 0 Å². The molecule has 0 bridgehead atoms. The lowest BCUT2D eigenvalue weighted by molar-refractivity contribution is -0.117. The number of hydrogen-bond donors (Lipinski definition) is 2. The van der Waals surface area contributed by atoms with Crippen molar-refractivity contribution in [1.82, 2.24) is 0 Å². The number of nitrogens with one attached hydrogen (secondary N) is 1. The number of fused-ring (bicyclic) bond motifs is 1. The molecule has 23 heavy (non-hydrogen) atoms. The molecule has 3 rings (SSSR count). The van der Waals surface area contributed by atoms with Gasteiger partial charge in [-0.1, -0.05) is 35.9 Å². The number of carbonyl (C=O) groups excluding carboxylic acids is 2. The molecule has 0 spiro atoms. The van der Waals surface area contributed by atoms with Crippen molar-refractivity contribution >= 4 is 17.4 Å². The van der Waals surface area contributed by atoms with Gasteiger partial charge in [-0.3, -0.25) is 9.59 Å². The molecule has 0 saturated heterocycles. The van der Waals surface area contributed by atoms with Gasteiger partial charge in [0, 0.05) is 17.7 Å². The Morgan fingerprint density at radius 2 is 1.87 bits per heavy atom. The fourth-order valence-corrected chi connectivity index (χ4v) is 2.85. The third-order valence-electron chi connectivity index (χ3n) is 4.25. The molecule has 1 atom stereocenters. The normalized spacial score (nSPS) is 15.0. The zero-order valence-corrected chi connectivity index (χ0v) is 13.1. The molecule has 0 aliphatic heterocycles. The molecule has 0 aromatic heterocycles. The van der Waals surface area contributed by atoms with E-state index >= 15 is 0 Å². The van der Waals surface area contributed by atoms with E-state index in [1.807, 2.05) is 43.3 Å². The maximum absolute atomic E-state index is 12.3. The monoisotopic (exact) mass is 308 g/mol. The highest BCUT2D eigenvalue weighted by atomic mass is 16.2. The molecule has 0 saturated carbocycles. The summed E-state index contributed by atoms with van der Waals surface area (Å²) in [7, 11) is 0. The second-order valence-electron chi connectivity index (χ2n) is 6.03. The lowest BCUT2D eigenvalue weighted by Crippen LogP contribution is -2.27. The SMILES string of the molecule is Cc1ccc(C(N)C(=O)Nc2ccc3c(c2)C(=O)CCC3)cc1. The molecular formula is C19H20N2O2. The minimum Gasteiger partial charge on any atom is -0.324 e. The largest absolute Gasteiger partial charge is 0.324 e. The summed E-state index contributed by atoms with van der Waals surface area (Å²) in [5.41, 5.74) is 10.3. The van der Waals surface area contributed by atoms with Crippen LogP contribution in [0.4, 0.5) is 5.69 Å². The summed E-state index contributed by atoms with van der Waals surface area (Å²) < 4.78 is 0. The Bertz CT molecular complexity index is 750. The van der Waals surface area contributed by atoms with E-state index in [0.717, 1.165) is 35.1 Å². The van der Waals surface area contributed by atoms with E-state index in [1.165, 1.54) is 0 Å². The molecule has 4 nitrogen and oxygen atoms in total. The van der Waals surface area contributed by atoms with Gasteiger partial charge >= 0.3 is 0 Å². The first kappa shape index (κ1) is 15.4. The summed E-state index contributed by atoms with van der Waals surface area (Å²) in [5.74, 6) is -0.137. The topological polar surface area (TPSA) is 72.2 Å². The highest BCUT2D eigenvalue weighted by molar-refractivity contribution is 6.01. The Kier molecular flexibility index (Phi) is 4.26. The molecule has 3 N–H and O–H groups in total. The van der Waals surface area contributed by atoms with Crippen LogP contribution in [0.5, 0.6) is 0 Å². The zero-order chi connectivity index (χ0) is 16.4. The van der Waals surface area contributed by atoms with Crippen LogP contribution < -0.4 is 11.1 Å². The quantitative estimate of drug-likeness (QED) is 0.915. The number of hydrogen-bond acceptors (Lipinski definition) is 3. The molecule has 1 aliphatic carbocycles. The van der Waals surface area contributed by atoms with Gasteiger partial charge in [0.15, 0.2) is 5.78 Å². The van der Waals surface area contributed by atoms with Gasteiger partial charge < -0.3 is 11.1 Å². The smallest absolute Gasteiger partial charge is 0.245 e. The zero-order valence-electron chi connectivity index (χ0n) is 13.1. The van der Waals surface area contributed by atoms with Crippen molar-refractivity contribution in [2.75, 3.05) is 5.32 Å². The molecule has 4 heteroatoms. The number of rotatable bonds is 3. The van der Waals surface area contributed by atoms with E-state index in [1.54, 1.807) is 6.07 Å². The highest BCUT2D eigenvalue weighted by Crippen LogP contribution is 2.25. The Labute approximate surface area is 135 Å². The highest BCUT2D eigenvalue weighted by Gasteiger charge is 2.19. The van der Waals surface area contributed by atoms with E-state index in [9.17, 15) is 9.59 Å². The number of benzene rings is 2. The van der Waals surface area contributed by atoms with Crippen LogP contribution in [0.2, 0.25) is 0 Å². The Balaban J connectivity index is 1.76. The average Bonchev–Trinajstić information content (AvgIpc) is 2.55. The van der Waals surface area contributed by atoms with Crippen LogP contribution in [0, 0.1) is 6.92 Å². The van der Waals surface area contributed by atoms with Crippen LogP contribution in [0.1, 0.15) is 45.9 Å². The van der Waals surface area contributed by atoms with E-state index < -0.39 is 6.04 Å². The standard InChI is InChI=1S/C19H20N2O2/c1-12-5-7-14(8-6-12)18(20)19(23)21-15-10-9-13-3-2-4-17(22)16(13)11-15/h5-11,18H,2-4,20H2,1H3,(H,21,23). The fraction of sp³-hybridized carbons (Fsp3) is 0.263. The maximum Gasteiger partial charge on any atom is 0.245 e. The van der Waals surface area contributed by atoms with Crippen LogP contribution in [0.3, 0.4) is 0 Å². The molecule has 0 radical (unpaired) electrons. The van der Waals surface area contributed by atoms with E-state index in [0.29, 0.717) is 12.1 Å². The Morgan fingerprint density at radius 1 is 1.13 bits per heavy atom. The second kappa shape index (κ2) is 6.34. The summed E-state index contributed by atoms with van der Waals surface area (Å²) in [4.78, 5) is 24.3. The molecule has 0 fully saturated rings. The molecule has 1 aliphatic rings. The van der Waals surface area contributed by atoms with Crippen molar-refractivity contribution in [2.45, 2.75) is 32.2 Å².